The maximum atomic E-state index is 12.6. The second kappa shape index (κ2) is 10.8. The lowest BCUT2D eigenvalue weighted by molar-refractivity contribution is -0.136. The van der Waals surface area contributed by atoms with Crippen LogP contribution >= 0.6 is 0 Å². The van der Waals surface area contributed by atoms with Gasteiger partial charge in [-0.15, -0.1) is 0 Å². The molecule has 0 aromatic heterocycles. The molecule has 0 saturated carbocycles. The van der Waals surface area contributed by atoms with E-state index in [4.69, 9.17) is 9.47 Å². The molecule has 1 aliphatic carbocycles. The molecule has 0 heterocycles. The molecule has 0 fully saturated rings. The Morgan fingerprint density at radius 3 is 2.29 bits per heavy atom. The van der Waals surface area contributed by atoms with Crippen LogP contribution in [0.15, 0.2) is 36.4 Å². The highest BCUT2D eigenvalue weighted by Gasteiger charge is 2.21. The smallest absolute Gasteiger partial charge is 0.313 e. The molecule has 2 aromatic rings. The number of hydrogen-bond acceptors (Lipinski definition) is 4. The van der Waals surface area contributed by atoms with Crippen molar-refractivity contribution < 1.29 is 19.1 Å². The van der Waals surface area contributed by atoms with Crippen LogP contribution in [0.3, 0.4) is 0 Å². The van der Waals surface area contributed by atoms with E-state index in [2.05, 4.69) is 28.8 Å². The average molecular weight is 425 g/mol. The first-order chi connectivity index (χ1) is 15.0. The number of aryl methyl sites for hydroxylation is 2. The summed E-state index contributed by atoms with van der Waals surface area (Å²) in [6, 6.07) is 11.3. The number of hydrogen-bond donors (Lipinski definition) is 2. The van der Waals surface area contributed by atoms with E-state index >= 15 is 0 Å². The van der Waals surface area contributed by atoms with Crippen LogP contribution in [0.1, 0.15) is 62.8 Å². The molecule has 0 radical (unpaired) electrons. The van der Waals surface area contributed by atoms with Gasteiger partial charge in [0.15, 0.2) is 11.5 Å². The molecule has 1 unspecified atom stereocenters. The van der Waals surface area contributed by atoms with Gasteiger partial charge in [-0.3, -0.25) is 9.59 Å². The van der Waals surface area contributed by atoms with Crippen molar-refractivity contribution >= 4 is 17.5 Å². The van der Waals surface area contributed by atoms with E-state index in [-0.39, 0.29) is 6.04 Å². The molecule has 3 rings (SSSR count). The number of ether oxygens (including phenoxy) is 2. The molecule has 1 aliphatic rings. The van der Waals surface area contributed by atoms with Gasteiger partial charge in [0, 0.05) is 11.8 Å². The van der Waals surface area contributed by atoms with Crippen molar-refractivity contribution in [1.29, 1.82) is 0 Å². The van der Waals surface area contributed by atoms with Crippen molar-refractivity contribution in [2.45, 2.75) is 58.9 Å². The molecule has 0 aliphatic heterocycles. The standard InChI is InChI=1S/C25H32N2O4/c1-4-21(19-12-11-17-9-7-8-10-18(17)15-19)27-25(29)24(28)26-20-13-14-22(30-5-2)23(16-20)31-6-3/h11-16,21H,4-10H2,1-3H3,(H,26,28)(H,27,29). The normalized spacial score (nSPS) is 13.6. The Balaban J connectivity index is 1.66. The van der Waals surface area contributed by atoms with E-state index in [0.717, 1.165) is 18.4 Å². The summed E-state index contributed by atoms with van der Waals surface area (Å²) in [5, 5.41) is 5.53. The van der Waals surface area contributed by atoms with E-state index in [0.29, 0.717) is 36.8 Å². The Morgan fingerprint density at radius 2 is 1.58 bits per heavy atom. The zero-order valence-electron chi connectivity index (χ0n) is 18.6. The molecule has 6 heteroatoms. The molecule has 6 nitrogen and oxygen atoms in total. The van der Waals surface area contributed by atoms with Crippen molar-refractivity contribution in [2.24, 2.45) is 0 Å². The van der Waals surface area contributed by atoms with Gasteiger partial charge in [0.1, 0.15) is 0 Å². The van der Waals surface area contributed by atoms with Crippen molar-refractivity contribution in [3.63, 3.8) is 0 Å². The number of carbonyl (C=O) groups excluding carboxylic acids is 2. The summed E-state index contributed by atoms with van der Waals surface area (Å²) in [6.07, 6.45) is 5.33. The first kappa shape index (κ1) is 22.7. The largest absolute Gasteiger partial charge is 0.490 e. The van der Waals surface area contributed by atoms with E-state index < -0.39 is 11.8 Å². The highest BCUT2D eigenvalue weighted by atomic mass is 16.5. The van der Waals surface area contributed by atoms with Crippen LogP contribution in [0.4, 0.5) is 5.69 Å². The Kier molecular flexibility index (Phi) is 7.93. The molecule has 2 aromatic carbocycles. The number of amides is 2. The number of rotatable bonds is 8. The van der Waals surface area contributed by atoms with Gasteiger partial charge in [-0.25, -0.2) is 0 Å². The zero-order chi connectivity index (χ0) is 22.2. The maximum absolute atomic E-state index is 12.6. The van der Waals surface area contributed by atoms with E-state index in [1.807, 2.05) is 20.8 Å². The van der Waals surface area contributed by atoms with E-state index in [1.54, 1.807) is 18.2 Å². The molecule has 166 valence electrons. The van der Waals surface area contributed by atoms with Crippen LogP contribution in [0, 0.1) is 0 Å². The van der Waals surface area contributed by atoms with E-state index in [1.165, 1.54) is 24.0 Å². The SMILES string of the molecule is CCOc1ccc(NC(=O)C(=O)NC(CC)c2ccc3c(c2)CCCC3)cc1OCC. The maximum Gasteiger partial charge on any atom is 0.313 e. The fourth-order valence-corrected chi connectivity index (χ4v) is 3.93. The van der Waals surface area contributed by atoms with Crippen LogP contribution in [0.25, 0.3) is 0 Å². The average Bonchev–Trinajstić information content (AvgIpc) is 2.79. The van der Waals surface area contributed by atoms with Gasteiger partial charge < -0.3 is 20.1 Å². The monoisotopic (exact) mass is 424 g/mol. The van der Waals surface area contributed by atoms with Crippen molar-refractivity contribution in [3.05, 3.63) is 53.1 Å². The lowest BCUT2D eigenvalue weighted by atomic mass is 9.89. The Hall–Kier alpha value is -3.02. The second-order valence-electron chi connectivity index (χ2n) is 7.65. The van der Waals surface area contributed by atoms with Gasteiger partial charge >= 0.3 is 11.8 Å². The van der Waals surface area contributed by atoms with Crippen molar-refractivity contribution in [1.82, 2.24) is 5.32 Å². The predicted octanol–water partition coefficient (Wildman–Crippen LogP) is 4.57. The van der Waals surface area contributed by atoms with Crippen molar-refractivity contribution in [2.75, 3.05) is 18.5 Å². The van der Waals surface area contributed by atoms with Crippen LogP contribution in [0.2, 0.25) is 0 Å². The van der Waals surface area contributed by atoms with Crippen LogP contribution in [0.5, 0.6) is 11.5 Å². The molecule has 1 atom stereocenters. The third-order valence-electron chi connectivity index (χ3n) is 5.50. The molecular formula is C25H32N2O4. The summed E-state index contributed by atoms with van der Waals surface area (Å²) in [4.78, 5) is 25.1. The third-order valence-corrected chi connectivity index (χ3v) is 5.50. The highest BCUT2D eigenvalue weighted by Crippen LogP contribution is 2.31. The summed E-state index contributed by atoms with van der Waals surface area (Å²) in [5.74, 6) is -0.229. The number of benzene rings is 2. The zero-order valence-corrected chi connectivity index (χ0v) is 18.6. The molecule has 0 spiro atoms. The fraction of sp³-hybridized carbons (Fsp3) is 0.440. The van der Waals surface area contributed by atoms with Gasteiger partial charge in [0.2, 0.25) is 0 Å². The molecule has 31 heavy (non-hydrogen) atoms. The summed E-state index contributed by atoms with van der Waals surface area (Å²) in [6.45, 7) is 6.75. The van der Waals surface area contributed by atoms with Gasteiger partial charge in [-0.2, -0.15) is 0 Å². The molecule has 0 bridgehead atoms. The van der Waals surface area contributed by atoms with Gasteiger partial charge in [-0.1, -0.05) is 25.1 Å². The topological polar surface area (TPSA) is 76.7 Å². The number of anilines is 1. The minimum absolute atomic E-state index is 0.204. The van der Waals surface area contributed by atoms with Gasteiger partial charge in [0.05, 0.1) is 19.3 Å². The molecule has 2 N–H and O–H groups in total. The van der Waals surface area contributed by atoms with Crippen molar-refractivity contribution in [3.8, 4) is 11.5 Å². The Morgan fingerprint density at radius 1 is 0.871 bits per heavy atom. The summed E-state index contributed by atoms with van der Waals surface area (Å²) in [7, 11) is 0. The lowest BCUT2D eigenvalue weighted by Crippen LogP contribution is -2.37. The first-order valence-corrected chi connectivity index (χ1v) is 11.2. The second-order valence-corrected chi connectivity index (χ2v) is 7.65. The van der Waals surface area contributed by atoms with E-state index in [9.17, 15) is 9.59 Å². The third kappa shape index (κ3) is 5.78. The summed E-state index contributed by atoms with van der Waals surface area (Å²) in [5.41, 5.74) is 4.28. The quantitative estimate of drug-likeness (QED) is 0.609. The highest BCUT2D eigenvalue weighted by molar-refractivity contribution is 6.39. The predicted molar refractivity (Wildman–Crippen MR) is 122 cm³/mol. The number of nitrogens with one attached hydrogen (secondary N) is 2. The lowest BCUT2D eigenvalue weighted by Gasteiger charge is -2.21. The van der Waals surface area contributed by atoms with Gasteiger partial charge in [-0.05, 0) is 74.8 Å². The molecular weight excluding hydrogens is 392 g/mol. The molecule has 0 saturated heterocycles. The number of carbonyl (C=O) groups is 2. The van der Waals surface area contributed by atoms with Crippen LogP contribution in [-0.4, -0.2) is 25.0 Å². The van der Waals surface area contributed by atoms with Crippen LogP contribution < -0.4 is 20.1 Å². The minimum Gasteiger partial charge on any atom is -0.490 e. The fourth-order valence-electron chi connectivity index (χ4n) is 3.93. The first-order valence-electron chi connectivity index (χ1n) is 11.2. The summed E-state index contributed by atoms with van der Waals surface area (Å²) >= 11 is 0. The van der Waals surface area contributed by atoms with Crippen LogP contribution in [-0.2, 0) is 22.4 Å². The molecule has 2 amide bonds. The van der Waals surface area contributed by atoms with Gasteiger partial charge in [0.25, 0.3) is 0 Å². The Bertz CT molecular complexity index is 926. The minimum atomic E-state index is -0.706. The number of fused-ring (bicyclic) bond motifs is 1. The summed E-state index contributed by atoms with van der Waals surface area (Å²) < 4.78 is 11.1. The Labute approximate surface area is 184 Å².